The highest BCUT2D eigenvalue weighted by atomic mass is 32.1. The van der Waals surface area contributed by atoms with Crippen molar-refractivity contribution in [3.05, 3.63) is 34.8 Å². The van der Waals surface area contributed by atoms with Gasteiger partial charge in [-0.25, -0.2) is 9.97 Å². The maximum Gasteiger partial charge on any atom is 0.223 e. The Morgan fingerprint density at radius 2 is 2.18 bits per heavy atom. The van der Waals surface area contributed by atoms with Crippen LogP contribution in [0.3, 0.4) is 0 Å². The predicted molar refractivity (Wildman–Crippen MR) is 72.0 cm³/mol. The molecule has 0 aliphatic heterocycles. The molecule has 4 nitrogen and oxygen atoms in total. The summed E-state index contributed by atoms with van der Waals surface area (Å²) in [5.74, 6) is 0.631. The van der Waals surface area contributed by atoms with Gasteiger partial charge in [0.2, 0.25) is 5.95 Å². The van der Waals surface area contributed by atoms with Gasteiger partial charge in [0.05, 0.1) is 24.1 Å². The predicted octanol–water partition coefficient (Wildman–Crippen LogP) is 3.07. The summed E-state index contributed by atoms with van der Waals surface area (Å²) in [6.45, 7) is 2.17. The Balaban J connectivity index is 2.10. The molecule has 0 fully saturated rings. The van der Waals surface area contributed by atoms with E-state index >= 15 is 0 Å². The van der Waals surface area contributed by atoms with E-state index in [1.54, 1.807) is 23.7 Å². The van der Waals surface area contributed by atoms with Crippen LogP contribution in [-0.4, -0.2) is 9.97 Å². The first-order valence-electron chi connectivity index (χ1n) is 5.67. The highest BCUT2D eigenvalue weighted by molar-refractivity contribution is 7.10. The van der Waals surface area contributed by atoms with Crippen molar-refractivity contribution >= 4 is 23.0 Å². The molecule has 0 aliphatic rings. The molecule has 0 saturated carbocycles. The third-order valence-corrected chi connectivity index (χ3v) is 3.43. The molecule has 0 radical (unpaired) electrons. The van der Waals surface area contributed by atoms with Crippen LogP contribution < -0.4 is 11.1 Å². The molecule has 0 aliphatic carbocycles. The lowest BCUT2D eigenvalue weighted by atomic mass is 10.1. The molecule has 2 aromatic rings. The number of anilines is 2. The molecule has 2 aromatic heterocycles. The fraction of sp³-hybridized carbons (Fsp3) is 0.333. The molecule has 0 bridgehead atoms. The normalized spacial score (nSPS) is 12.3. The van der Waals surface area contributed by atoms with E-state index < -0.39 is 0 Å². The average molecular weight is 248 g/mol. The van der Waals surface area contributed by atoms with E-state index in [2.05, 4.69) is 39.7 Å². The van der Waals surface area contributed by atoms with Crippen molar-refractivity contribution in [2.24, 2.45) is 0 Å². The van der Waals surface area contributed by atoms with E-state index in [9.17, 15) is 0 Å². The lowest BCUT2D eigenvalue weighted by Gasteiger charge is -2.16. The van der Waals surface area contributed by atoms with Crippen molar-refractivity contribution in [1.82, 2.24) is 9.97 Å². The van der Waals surface area contributed by atoms with E-state index in [0.29, 0.717) is 11.6 Å². The molecule has 0 saturated heterocycles. The molecule has 2 heterocycles. The molecular weight excluding hydrogens is 232 g/mol. The topological polar surface area (TPSA) is 63.8 Å². The number of thiophene rings is 1. The van der Waals surface area contributed by atoms with Crippen molar-refractivity contribution in [3.8, 4) is 0 Å². The molecular formula is C12H16N4S. The second-order valence-corrected chi connectivity index (χ2v) is 4.82. The minimum atomic E-state index is 0.281. The zero-order valence-corrected chi connectivity index (χ0v) is 10.6. The minimum absolute atomic E-state index is 0.281. The summed E-state index contributed by atoms with van der Waals surface area (Å²) in [6.07, 6.45) is 5.41. The van der Waals surface area contributed by atoms with Crippen LogP contribution >= 0.6 is 11.3 Å². The number of hydrogen-bond acceptors (Lipinski definition) is 5. The number of nitrogens with one attached hydrogen (secondary N) is 1. The molecule has 1 atom stereocenters. The zero-order chi connectivity index (χ0) is 12.1. The van der Waals surface area contributed by atoms with Gasteiger partial charge in [-0.15, -0.1) is 11.3 Å². The van der Waals surface area contributed by atoms with Crippen LogP contribution in [0.25, 0.3) is 0 Å². The Kier molecular flexibility index (Phi) is 3.93. The Morgan fingerprint density at radius 1 is 1.41 bits per heavy atom. The number of nitrogens with zero attached hydrogens (tertiary/aromatic N) is 2. The van der Waals surface area contributed by atoms with Crippen LogP contribution in [-0.2, 0) is 0 Å². The van der Waals surface area contributed by atoms with Gasteiger partial charge < -0.3 is 11.1 Å². The lowest BCUT2D eigenvalue weighted by Crippen LogP contribution is -2.11. The number of hydrogen-bond donors (Lipinski definition) is 2. The SMILES string of the molecule is CCCC(Nc1ncc(N)cn1)c1cccs1. The van der Waals surface area contributed by atoms with Gasteiger partial charge in [0.15, 0.2) is 0 Å². The highest BCUT2D eigenvalue weighted by Crippen LogP contribution is 2.26. The quantitative estimate of drug-likeness (QED) is 0.853. The van der Waals surface area contributed by atoms with Crippen molar-refractivity contribution in [2.75, 3.05) is 11.1 Å². The summed E-state index contributed by atoms with van der Waals surface area (Å²) in [6, 6.07) is 4.48. The molecule has 3 N–H and O–H groups in total. The van der Waals surface area contributed by atoms with E-state index in [1.165, 1.54) is 4.88 Å². The van der Waals surface area contributed by atoms with Gasteiger partial charge in [-0.3, -0.25) is 0 Å². The third-order valence-electron chi connectivity index (χ3n) is 2.44. The lowest BCUT2D eigenvalue weighted by molar-refractivity contribution is 0.681. The zero-order valence-electron chi connectivity index (χ0n) is 9.76. The average Bonchev–Trinajstić information content (AvgIpc) is 2.85. The first-order chi connectivity index (χ1) is 8.29. The molecule has 5 heteroatoms. The van der Waals surface area contributed by atoms with Gasteiger partial charge in [-0.05, 0) is 17.9 Å². The van der Waals surface area contributed by atoms with Crippen molar-refractivity contribution < 1.29 is 0 Å². The molecule has 90 valence electrons. The van der Waals surface area contributed by atoms with E-state index in [0.717, 1.165) is 12.8 Å². The fourth-order valence-corrected chi connectivity index (χ4v) is 2.44. The van der Waals surface area contributed by atoms with Gasteiger partial charge in [0.1, 0.15) is 0 Å². The van der Waals surface area contributed by atoms with Crippen LogP contribution in [0.2, 0.25) is 0 Å². The van der Waals surface area contributed by atoms with E-state index in [-0.39, 0.29) is 6.04 Å². The Bertz CT molecular complexity index is 438. The van der Waals surface area contributed by atoms with Crippen LogP contribution in [0.4, 0.5) is 11.6 Å². The van der Waals surface area contributed by atoms with Gasteiger partial charge in [-0.2, -0.15) is 0 Å². The number of rotatable bonds is 5. The number of nitrogens with two attached hydrogens (primary N) is 1. The maximum atomic E-state index is 5.56. The number of nitrogen functional groups attached to an aromatic ring is 1. The molecule has 17 heavy (non-hydrogen) atoms. The maximum absolute atomic E-state index is 5.56. The van der Waals surface area contributed by atoms with Gasteiger partial charge in [-0.1, -0.05) is 19.4 Å². The summed E-state index contributed by atoms with van der Waals surface area (Å²) in [5.41, 5.74) is 6.14. The van der Waals surface area contributed by atoms with Crippen molar-refractivity contribution in [1.29, 1.82) is 0 Å². The summed E-state index contributed by atoms with van der Waals surface area (Å²) in [4.78, 5) is 9.65. The van der Waals surface area contributed by atoms with Gasteiger partial charge >= 0.3 is 0 Å². The smallest absolute Gasteiger partial charge is 0.223 e. The minimum Gasteiger partial charge on any atom is -0.396 e. The standard InChI is InChI=1S/C12H16N4S/c1-2-4-10(11-5-3-6-17-11)16-12-14-7-9(13)8-15-12/h3,5-8,10H,2,4,13H2,1H3,(H,14,15,16). The summed E-state index contributed by atoms with van der Waals surface area (Å²) >= 11 is 1.75. The summed E-state index contributed by atoms with van der Waals surface area (Å²) < 4.78 is 0. The molecule has 2 rings (SSSR count). The summed E-state index contributed by atoms with van der Waals surface area (Å²) in [5, 5.41) is 5.43. The first-order valence-corrected chi connectivity index (χ1v) is 6.55. The highest BCUT2D eigenvalue weighted by Gasteiger charge is 2.12. The Hall–Kier alpha value is -1.62. The Labute approximate surface area is 105 Å². The van der Waals surface area contributed by atoms with Crippen LogP contribution in [0.15, 0.2) is 29.9 Å². The van der Waals surface area contributed by atoms with Crippen molar-refractivity contribution in [2.45, 2.75) is 25.8 Å². The van der Waals surface area contributed by atoms with Crippen LogP contribution in [0, 0.1) is 0 Å². The fourth-order valence-electron chi connectivity index (χ4n) is 1.63. The van der Waals surface area contributed by atoms with E-state index in [4.69, 9.17) is 5.73 Å². The first kappa shape index (κ1) is 11.9. The molecule has 0 aromatic carbocycles. The van der Waals surface area contributed by atoms with Crippen LogP contribution in [0.1, 0.15) is 30.7 Å². The Morgan fingerprint density at radius 3 is 2.76 bits per heavy atom. The molecule has 1 unspecified atom stereocenters. The number of aromatic nitrogens is 2. The van der Waals surface area contributed by atoms with Crippen LogP contribution in [0.5, 0.6) is 0 Å². The van der Waals surface area contributed by atoms with Crippen molar-refractivity contribution in [3.63, 3.8) is 0 Å². The third kappa shape index (κ3) is 3.17. The molecule has 0 amide bonds. The largest absolute Gasteiger partial charge is 0.396 e. The summed E-state index contributed by atoms with van der Waals surface area (Å²) in [7, 11) is 0. The molecule has 0 spiro atoms. The van der Waals surface area contributed by atoms with Gasteiger partial charge in [0, 0.05) is 4.88 Å². The van der Waals surface area contributed by atoms with Gasteiger partial charge in [0.25, 0.3) is 0 Å². The van der Waals surface area contributed by atoms with E-state index in [1.807, 2.05) is 0 Å². The monoisotopic (exact) mass is 248 g/mol. The second-order valence-electron chi connectivity index (χ2n) is 3.84. The second kappa shape index (κ2) is 5.63.